The third-order valence-corrected chi connectivity index (χ3v) is 9.03. The minimum Gasteiger partial charge on any atom is -0.480 e. The van der Waals surface area contributed by atoms with E-state index in [0.29, 0.717) is 29.8 Å². The second-order valence-electron chi connectivity index (χ2n) is 11.9. The molecule has 2 heterocycles. The third kappa shape index (κ3) is 6.66. The molecule has 0 spiro atoms. The van der Waals surface area contributed by atoms with Crippen LogP contribution in [0.25, 0.3) is 0 Å². The molecule has 38 heavy (non-hydrogen) atoms. The Labute approximate surface area is 235 Å². The Kier molecular flexibility index (Phi) is 8.99. The van der Waals surface area contributed by atoms with Crippen LogP contribution in [0.1, 0.15) is 79.1 Å². The van der Waals surface area contributed by atoms with Crippen molar-refractivity contribution >= 4 is 35.2 Å². The number of hydrogen-bond acceptors (Lipinski definition) is 6. The van der Waals surface area contributed by atoms with Gasteiger partial charge in [0, 0.05) is 23.4 Å². The highest BCUT2D eigenvalue weighted by molar-refractivity contribution is 8.03. The van der Waals surface area contributed by atoms with E-state index in [0.717, 1.165) is 38.5 Å². The molecule has 3 aliphatic rings. The minimum atomic E-state index is -1.19. The maximum atomic E-state index is 14.4. The molecule has 2 saturated carbocycles. The zero-order valence-electron chi connectivity index (χ0n) is 22.7. The van der Waals surface area contributed by atoms with Crippen molar-refractivity contribution < 1.29 is 19.4 Å². The van der Waals surface area contributed by atoms with Crippen molar-refractivity contribution in [1.29, 1.82) is 0 Å². The summed E-state index contributed by atoms with van der Waals surface area (Å²) in [6.45, 7) is 8.25. The highest BCUT2D eigenvalue weighted by atomic mass is 35.5. The number of halogens is 1. The number of carboxylic acids is 1. The fourth-order valence-electron chi connectivity index (χ4n) is 5.65. The van der Waals surface area contributed by atoms with Crippen LogP contribution in [0.15, 0.2) is 23.6 Å². The molecule has 1 amide bonds. The SMILES string of the molecule is CC(C)(C)C#CC1(N(C(=O)[C@H]2CC[C@H](C)CC2)[C@H]2CC[C@H](Oc3ccc(Cl)nn3)CC2)C=CSC1C(=O)O. The number of thioether (sulfide) groups is 1. The first-order valence-electron chi connectivity index (χ1n) is 13.6. The number of carboxylic acid groups (broad SMARTS) is 1. The Hall–Kier alpha value is -2.24. The number of nitrogens with zero attached hydrogens (tertiary/aromatic N) is 3. The largest absolute Gasteiger partial charge is 0.480 e. The molecule has 1 N–H and O–H groups in total. The van der Waals surface area contributed by atoms with Crippen molar-refractivity contribution in [2.45, 2.75) is 102 Å². The number of aromatic nitrogens is 2. The van der Waals surface area contributed by atoms with Gasteiger partial charge in [0.25, 0.3) is 0 Å². The highest BCUT2D eigenvalue weighted by Gasteiger charge is 2.53. The van der Waals surface area contributed by atoms with Crippen LogP contribution in [0, 0.1) is 29.1 Å². The Morgan fingerprint density at radius 1 is 1.11 bits per heavy atom. The monoisotopic (exact) mass is 559 g/mol. The van der Waals surface area contributed by atoms with Crippen LogP contribution >= 0.6 is 23.4 Å². The van der Waals surface area contributed by atoms with Gasteiger partial charge in [-0.2, -0.15) is 0 Å². The zero-order valence-corrected chi connectivity index (χ0v) is 24.2. The molecule has 1 aromatic heterocycles. The predicted molar refractivity (Wildman–Crippen MR) is 150 cm³/mol. The van der Waals surface area contributed by atoms with E-state index in [9.17, 15) is 14.7 Å². The normalized spacial score (nSPS) is 31.2. The van der Waals surface area contributed by atoms with Gasteiger partial charge in [-0.15, -0.1) is 22.0 Å². The smallest absolute Gasteiger partial charge is 0.320 e. The van der Waals surface area contributed by atoms with E-state index in [4.69, 9.17) is 16.3 Å². The third-order valence-electron chi connectivity index (χ3n) is 7.70. The first-order valence-corrected chi connectivity index (χ1v) is 14.9. The summed E-state index contributed by atoms with van der Waals surface area (Å²) in [6, 6.07) is 3.22. The van der Waals surface area contributed by atoms with Crippen LogP contribution in [0.2, 0.25) is 5.15 Å². The van der Waals surface area contributed by atoms with Crippen molar-refractivity contribution in [3.63, 3.8) is 0 Å². The van der Waals surface area contributed by atoms with Gasteiger partial charge in [0.2, 0.25) is 11.8 Å². The fourth-order valence-corrected chi connectivity index (χ4v) is 6.77. The lowest BCUT2D eigenvalue weighted by Crippen LogP contribution is -2.62. The van der Waals surface area contributed by atoms with E-state index in [2.05, 4.69) is 29.0 Å². The van der Waals surface area contributed by atoms with E-state index in [1.54, 1.807) is 12.1 Å². The maximum Gasteiger partial charge on any atom is 0.320 e. The van der Waals surface area contributed by atoms with Gasteiger partial charge in [-0.05, 0) is 95.6 Å². The van der Waals surface area contributed by atoms with Crippen LogP contribution in [0.4, 0.5) is 0 Å². The second-order valence-corrected chi connectivity index (χ2v) is 13.3. The van der Waals surface area contributed by atoms with E-state index < -0.39 is 16.8 Å². The summed E-state index contributed by atoms with van der Waals surface area (Å²) < 4.78 is 6.05. The number of hydrogen-bond donors (Lipinski definition) is 1. The maximum absolute atomic E-state index is 14.4. The van der Waals surface area contributed by atoms with E-state index in [1.807, 2.05) is 37.2 Å². The van der Waals surface area contributed by atoms with Gasteiger partial charge in [-0.1, -0.05) is 30.4 Å². The van der Waals surface area contributed by atoms with E-state index in [1.165, 1.54) is 11.8 Å². The van der Waals surface area contributed by atoms with Gasteiger partial charge in [0.1, 0.15) is 16.9 Å². The number of carbonyl (C=O) groups excluding carboxylic acids is 1. The molecule has 206 valence electrons. The van der Waals surface area contributed by atoms with Gasteiger partial charge in [-0.25, -0.2) is 0 Å². The summed E-state index contributed by atoms with van der Waals surface area (Å²) >= 11 is 7.09. The molecule has 0 bridgehead atoms. The van der Waals surface area contributed by atoms with E-state index in [-0.39, 0.29) is 29.4 Å². The van der Waals surface area contributed by atoms with Crippen LogP contribution < -0.4 is 4.74 Å². The number of amides is 1. The van der Waals surface area contributed by atoms with Gasteiger partial charge >= 0.3 is 5.97 Å². The quantitative estimate of drug-likeness (QED) is 0.429. The van der Waals surface area contributed by atoms with Crippen LogP contribution in [0.3, 0.4) is 0 Å². The molecule has 2 fully saturated rings. The number of ether oxygens (including phenoxy) is 1. The number of rotatable bonds is 6. The first kappa shape index (κ1) is 28.8. The molecular weight excluding hydrogens is 522 g/mol. The van der Waals surface area contributed by atoms with Crippen molar-refractivity contribution in [2.24, 2.45) is 17.3 Å². The molecule has 0 aromatic carbocycles. The average Bonchev–Trinajstić information content (AvgIpc) is 3.30. The topological polar surface area (TPSA) is 92.6 Å². The summed E-state index contributed by atoms with van der Waals surface area (Å²) in [7, 11) is 0. The lowest BCUT2D eigenvalue weighted by Gasteiger charge is -2.48. The summed E-state index contributed by atoms with van der Waals surface area (Å²) in [5, 5.41) is 19.4. The molecule has 7 nitrogen and oxygen atoms in total. The molecule has 9 heteroatoms. The molecule has 4 rings (SSSR count). The Morgan fingerprint density at radius 3 is 2.37 bits per heavy atom. The minimum absolute atomic E-state index is 0.0476. The van der Waals surface area contributed by atoms with E-state index >= 15 is 0 Å². The summed E-state index contributed by atoms with van der Waals surface area (Å²) in [6.07, 6.45) is 8.34. The molecule has 0 saturated heterocycles. The highest BCUT2D eigenvalue weighted by Crippen LogP contribution is 2.44. The lowest BCUT2D eigenvalue weighted by atomic mass is 9.79. The Balaban J connectivity index is 1.64. The second kappa shape index (κ2) is 11.9. The van der Waals surface area contributed by atoms with Crippen molar-refractivity contribution in [3.8, 4) is 17.7 Å². The standard InChI is InChI=1S/C29H38ClN3O4S/c1-19-5-7-20(8-6-19)26(34)33(29(16-15-28(2,3)4)17-18-38-25(29)27(35)36)21-9-11-22(12-10-21)37-24-14-13-23(30)31-32-24/h13-14,17-22,25H,5-12H2,1-4H3,(H,35,36)/t19-,20-,21-,22-,25?,29?. The molecule has 2 atom stereocenters. The number of aliphatic carboxylic acids is 1. The van der Waals surface area contributed by atoms with Crippen LogP contribution in [-0.2, 0) is 9.59 Å². The van der Waals surface area contributed by atoms with Crippen molar-refractivity contribution in [3.05, 3.63) is 28.8 Å². The molecule has 2 unspecified atom stereocenters. The Morgan fingerprint density at radius 2 is 1.79 bits per heavy atom. The van der Waals surface area contributed by atoms with Crippen molar-refractivity contribution in [1.82, 2.24) is 15.1 Å². The lowest BCUT2D eigenvalue weighted by molar-refractivity contribution is -0.147. The van der Waals surface area contributed by atoms with Gasteiger partial charge in [-0.3, -0.25) is 9.59 Å². The van der Waals surface area contributed by atoms with Crippen LogP contribution in [0.5, 0.6) is 5.88 Å². The van der Waals surface area contributed by atoms with Crippen LogP contribution in [-0.4, -0.2) is 55.0 Å². The van der Waals surface area contributed by atoms with Gasteiger partial charge in [0.05, 0.1) is 0 Å². The fraction of sp³-hybridized carbons (Fsp3) is 0.655. The first-order chi connectivity index (χ1) is 18.0. The molecular formula is C29H38ClN3O4S. The predicted octanol–water partition coefficient (Wildman–Crippen LogP) is 5.98. The zero-order chi connectivity index (χ0) is 27.5. The molecule has 1 aromatic rings. The summed E-state index contributed by atoms with van der Waals surface area (Å²) in [5.74, 6) is 6.68. The van der Waals surface area contributed by atoms with Gasteiger partial charge in [0.15, 0.2) is 5.15 Å². The van der Waals surface area contributed by atoms with Gasteiger partial charge < -0.3 is 14.7 Å². The Bertz CT molecular complexity index is 1090. The molecule has 0 radical (unpaired) electrons. The molecule has 2 aliphatic carbocycles. The summed E-state index contributed by atoms with van der Waals surface area (Å²) in [5.41, 5.74) is -1.53. The molecule has 1 aliphatic heterocycles. The van der Waals surface area contributed by atoms with Crippen molar-refractivity contribution in [2.75, 3.05) is 0 Å². The average molecular weight is 560 g/mol. The number of carbonyl (C=O) groups is 2. The summed E-state index contributed by atoms with van der Waals surface area (Å²) in [4.78, 5) is 28.8.